The fraction of sp³-hybridized carbons (Fsp3) is 0.103. The van der Waals surface area contributed by atoms with Gasteiger partial charge in [-0.2, -0.15) is 5.10 Å². The summed E-state index contributed by atoms with van der Waals surface area (Å²) in [7, 11) is 2.06. The van der Waals surface area contributed by atoms with Gasteiger partial charge in [-0.3, -0.25) is 10.1 Å². The van der Waals surface area contributed by atoms with Crippen LogP contribution in [0.4, 0.5) is 0 Å². The fourth-order valence-corrected chi connectivity index (χ4v) is 3.83. The minimum atomic E-state index is 0.456. The lowest BCUT2D eigenvalue weighted by Crippen LogP contribution is -1.97. The molecule has 3 heterocycles. The maximum Gasteiger partial charge on any atom is 0.130 e. The van der Waals surface area contributed by atoms with E-state index in [0.29, 0.717) is 6.61 Å². The number of aromatic amines is 1. The van der Waals surface area contributed by atoms with Gasteiger partial charge in [0.2, 0.25) is 0 Å². The van der Waals surface area contributed by atoms with Crippen molar-refractivity contribution in [2.75, 3.05) is 0 Å². The molecule has 0 saturated heterocycles. The van der Waals surface area contributed by atoms with Crippen LogP contribution in [0.15, 0.2) is 79.1 Å². The summed E-state index contributed by atoms with van der Waals surface area (Å²) in [6, 6.07) is 22.5. The van der Waals surface area contributed by atoms with Gasteiger partial charge in [-0.05, 0) is 83.6 Å². The molecule has 0 atom stereocenters. The molecular weight excluding hydrogens is 420 g/mol. The van der Waals surface area contributed by atoms with Crippen LogP contribution >= 0.6 is 0 Å². The van der Waals surface area contributed by atoms with Crippen molar-refractivity contribution in [3.63, 3.8) is 0 Å². The normalized spacial score (nSPS) is 11.7. The number of fused-ring (bicyclic) bond motifs is 1. The zero-order chi connectivity index (χ0) is 23.3. The Morgan fingerprint density at radius 3 is 2.74 bits per heavy atom. The SMILES string of the molecule is Cc1cc(OCc2ccccn2)ccc1/C=C/c1cc(/C=C/c2ccc3ccn(C)c3c2)[nH]n1. The van der Waals surface area contributed by atoms with Gasteiger partial charge < -0.3 is 9.30 Å². The molecule has 2 aromatic carbocycles. The third-order valence-corrected chi connectivity index (χ3v) is 5.77. The van der Waals surface area contributed by atoms with Crippen LogP contribution in [-0.4, -0.2) is 19.7 Å². The first-order valence-electron chi connectivity index (χ1n) is 11.2. The zero-order valence-electron chi connectivity index (χ0n) is 19.3. The van der Waals surface area contributed by atoms with Crippen LogP contribution in [0.5, 0.6) is 5.75 Å². The second kappa shape index (κ2) is 9.63. The van der Waals surface area contributed by atoms with Crippen LogP contribution in [0.1, 0.15) is 33.8 Å². The third kappa shape index (κ3) is 4.99. The number of aryl methyl sites for hydroxylation is 2. The molecule has 5 nitrogen and oxygen atoms in total. The summed E-state index contributed by atoms with van der Waals surface area (Å²) in [6.07, 6.45) is 12.1. The Morgan fingerprint density at radius 2 is 1.88 bits per heavy atom. The van der Waals surface area contributed by atoms with Crippen molar-refractivity contribution in [2.24, 2.45) is 7.05 Å². The summed E-state index contributed by atoms with van der Waals surface area (Å²) in [5.74, 6) is 0.834. The van der Waals surface area contributed by atoms with Gasteiger partial charge in [0, 0.05) is 25.0 Å². The molecule has 0 fully saturated rings. The highest BCUT2D eigenvalue weighted by atomic mass is 16.5. The molecule has 0 unspecified atom stereocenters. The quantitative estimate of drug-likeness (QED) is 0.309. The number of nitrogens with one attached hydrogen (secondary N) is 1. The first-order valence-corrected chi connectivity index (χ1v) is 11.2. The number of H-pyrrole nitrogens is 1. The van der Waals surface area contributed by atoms with Crippen LogP contribution in [0.25, 0.3) is 35.2 Å². The highest BCUT2D eigenvalue weighted by molar-refractivity contribution is 5.84. The maximum absolute atomic E-state index is 5.87. The molecule has 5 rings (SSSR count). The van der Waals surface area contributed by atoms with Crippen LogP contribution in [0.3, 0.4) is 0 Å². The molecule has 0 amide bonds. The zero-order valence-corrected chi connectivity index (χ0v) is 19.3. The highest BCUT2D eigenvalue weighted by Crippen LogP contribution is 2.21. The van der Waals surface area contributed by atoms with Gasteiger partial charge in [-0.1, -0.05) is 36.4 Å². The largest absolute Gasteiger partial charge is 0.487 e. The third-order valence-electron chi connectivity index (χ3n) is 5.77. The Kier molecular flexibility index (Phi) is 6.08. The Labute approximate surface area is 199 Å². The summed E-state index contributed by atoms with van der Waals surface area (Å²) in [4.78, 5) is 4.29. The summed E-state index contributed by atoms with van der Waals surface area (Å²) < 4.78 is 8.00. The first kappa shape index (κ1) is 21.5. The van der Waals surface area contributed by atoms with Crippen molar-refractivity contribution in [3.8, 4) is 5.75 Å². The standard InChI is InChI=1S/C29H26N4O/c1-21-17-28(34-20-27-5-3-4-15-30-27)13-10-23(21)9-12-26-19-25(31-32-26)11-7-22-6-8-24-14-16-33(2)29(24)18-22/h3-19H,20H2,1-2H3,(H,31,32)/b11-7+,12-9+. The molecule has 34 heavy (non-hydrogen) atoms. The fourth-order valence-electron chi connectivity index (χ4n) is 3.83. The van der Waals surface area contributed by atoms with E-state index in [9.17, 15) is 0 Å². The van der Waals surface area contributed by atoms with E-state index < -0.39 is 0 Å². The van der Waals surface area contributed by atoms with E-state index in [1.807, 2.05) is 48.6 Å². The van der Waals surface area contributed by atoms with Gasteiger partial charge in [0.25, 0.3) is 0 Å². The smallest absolute Gasteiger partial charge is 0.130 e. The Hall–Kier alpha value is -4.38. The van der Waals surface area contributed by atoms with Crippen molar-refractivity contribution in [3.05, 3.63) is 113 Å². The molecule has 0 aliphatic carbocycles. The van der Waals surface area contributed by atoms with Crippen LogP contribution < -0.4 is 4.74 Å². The highest BCUT2D eigenvalue weighted by Gasteiger charge is 2.02. The molecule has 0 spiro atoms. The molecule has 0 aliphatic rings. The van der Waals surface area contributed by atoms with E-state index in [1.165, 1.54) is 10.9 Å². The van der Waals surface area contributed by atoms with Crippen LogP contribution in [0.2, 0.25) is 0 Å². The predicted octanol–water partition coefficient (Wildman–Crippen LogP) is 6.52. The topological polar surface area (TPSA) is 55.7 Å². The number of aromatic nitrogens is 4. The molecule has 1 N–H and O–H groups in total. The predicted molar refractivity (Wildman–Crippen MR) is 139 cm³/mol. The minimum Gasteiger partial charge on any atom is -0.487 e. The van der Waals surface area contributed by atoms with E-state index in [0.717, 1.165) is 39.5 Å². The van der Waals surface area contributed by atoms with Crippen LogP contribution in [-0.2, 0) is 13.7 Å². The molecule has 5 heteroatoms. The van der Waals surface area contributed by atoms with Crippen molar-refractivity contribution >= 4 is 35.2 Å². The van der Waals surface area contributed by atoms with Gasteiger partial charge in [-0.25, -0.2) is 0 Å². The molecule has 0 radical (unpaired) electrons. The Morgan fingerprint density at radius 1 is 0.941 bits per heavy atom. The lowest BCUT2D eigenvalue weighted by atomic mass is 10.1. The number of benzene rings is 2. The lowest BCUT2D eigenvalue weighted by molar-refractivity contribution is 0.301. The monoisotopic (exact) mass is 446 g/mol. The minimum absolute atomic E-state index is 0.456. The lowest BCUT2D eigenvalue weighted by Gasteiger charge is -2.08. The van der Waals surface area contributed by atoms with E-state index in [-0.39, 0.29) is 0 Å². The molecule has 5 aromatic rings. The average Bonchev–Trinajstić information content (AvgIpc) is 3.48. The van der Waals surface area contributed by atoms with Gasteiger partial charge in [0.15, 0.2) is 0 Å². The average molecular weight is 447 g/mol. The van der Waals surface area contributed by atoms with Crippen molar-refractivity contribution in [1.29, 1.82) is 0 Å². The summed E-state index contributed by atoms with van der Waals surface area (Å²) in [5.41, 5.74) is 7.39. The number of hydrogen-bond acceptors (Lipinski definition) is 3. The molecule has 3 aromatic heterocycles. The molecule has 0 bridgehead atoms. The second-order valence-electron chi connectivity index (χ2n) is 8.29. The summed E-state index contributed by atoms with van der Waals surface area (Å²) in [5, 5.41) is 8.75. The van der Waals surface area contributed by atoms with Gasteiger partial charge in [0.1, 0.15) is 12.4 Å². The number of nitrogens with zero attached hydrogens (tertiary/aromatic N) is 3. The number of rotatable bonds is 7. The van der Waals surface area contributed by atoms with Crippen molar-refractivity contribution < 1.29 is 4.74 Å². The number of pyridine rings is 1. The first-order chi connectivity index (χ1) is 16.6. The van der Waals surface area contributed by atoms with E-state index in [1.54, 1.807) is 6.20 Å². The van der Waals surface area contributed by atoms with E-state index in [4.69, 9.17) is 4.74 Å². The molecular formula is C29H26N4O. The summed E-state index contributed by atoms with van der Waals surface area (Å²) >= 11 is 0. The van der Waals surface area contributed by atoms with E-state index >= 15 is 0 Å². The Bertz CT molecular complexity index is 1470. The van der Waals surface area contributed by atoms with Gasteiger partial charge in [-0.15, -0.1) is 0 Å². The maximum atomic E-state index is 5.87. The second-order valence-corrected chi connectivity index (χ2v) is 8.29. The number of hydrogen-bond donors (Lipinski definition) is 1. The van der Waals surface area contributed by atoms with Crippen molar-refractivity contribution in [1.82, 2.24) is 19.7 Å². The Balaban J connectivity index is 1.23. The summed E-state index contributed by atoms with van der Waals surface area (Å²) in [6.45, 7) is 2.54. The van der Waals surface area contributed by atoms with Gasteiger partial charge in [0.05, 0.1) is 17.1 Å². The molecule has 168 valence electrons. The van der Waals surface area contributed by atoms with Gasteiger partial charge >= 0.3 is 0 Å². The van der Waals surface area contributed by atoms with Crippen molar-refractivity contribution in [2.45, 2.75) is 13.5 Å². The molecule has 0 saturated carbocycles. The number of ether oxygens (including phenoxy) is 1. The molecule has 0 aliphatic heterocycles. The van der Waals surface area contributed by atoms with Crippen LogP contribution in [0, 0.1) is 6.92 Å². The van der Waals surface area contributed by atoms with E-state index in [2.05, 4.69) is 82.4 Å².